The molecular weight excluding hydrogens is 192 g/mol. The average Bonchev–Trinajstić information content (AvgIpc) is 2.67. The fourth-order valence-corrected chi connectivity index (χ4v) is 1.30. The smallest absolute Gasteiger partial charge is 0.234 e. The third kappa shape index (κ3) is 4.60. The second-order valence-electron chi connectivity index (χ2n) is 3.48. The van der Waals surface area contributed by atoms with E-state index in [9.17, 15) is 4.79 Å². The number of rotatable bonds is 6. The van der Waals surface area contributed by atoms with Crippen LogP contribution < -0.4 is 10.6 Å². The van der Waals surface area contributed by atoms with Gasteiger partial charge in [-0.15, -0.1) is 0 Å². The minimum absolute atomic E-state index is 0.0245. The predicted molar refractivity (Wildman–Crippen MR) is 58.4 cm³/mol. The molecule has 1 aromatic rings. The van der Waals surface area contributed by atoms with Crippen molar-refractivity contribution < 1.29 is 4.79 Å². The highest BCUT2D eigenvalue weighted by Crippen LogP contribution is 1.89. The molecule has 1 amide bonds. The van der Waals surface area contributed by atoms with Crippen LogP contribution in [0, 0.1) is 0 Å². The molecule has 0 aliphatic heterocycles. The number of nitrogens with zero attached hydrogens (tertiary/aromatic N) is 2. The van der Waals surface area contributed by atoms with Gasteiger partial charge in [0.15, 0.2) is 0 Å². The number of aromatic nitrogens is 2. The summed E-state index contributed by atoms with van der Waals surface area (Å²) in [6.07, 6.45) is 3.61. The third-order valence-corrected chi connectivity index (χ3v) is 1.96. The van der Waals surface area contributed by atoms with Crippen molar-refractivity contribution in [1.82, 2.24) is 20.4 Å². The van der Waals surface area contributed by atoms with E-state index < -0.39 is 0 Å². The molecule has 0 aromatic carbocycles. The van der Waals surface area contributed by atoms with Crippen LogP contribution in [0.5, 0.6) is 0 Å². The molecule has 1 aromatic heterocycles. The van der Waals surface area contributed by atoms with Crippen molar-refractivity contribution in [2.75, 3.05) is 13.1 Å². The Morgan fingerprint density at radius 3 is 3.00 bits per heavy atom. The normalized spacial score (nSPS) is 12.4. The molecule has 0 saturated carbocycles. The minimum atomic E-state index is 0.0245. The number of amides is 1. The van der Waals surface area contributed by atoms with Gasteiger partial charge in [0, 0.05) is 18.4 Å². The molecule has 1 rings (SSSR count). The van der Waals surface area contributed by atoms with E-state index in [1.807, 2.05) is 26.1 Å². The first-order chi connectivity index (χ1) is 7.22. The summed E-state index contributed by atoms with van der Waals surface area (Å²) in [5.41, 5.74) is 0. The van der Waals surface area contributed by atoms with E-state index in [0.717, 1.165) is 6.54 Å². The predicted octanol–water partition coefficient (Wildman–Crippen LogP) is -0.00270. The van der Waals surface area contributed by atoms with Crippen LogP contribution in [0.2, 0.25) is 0 Å². The fraction of sp³-hybridized carbons (Fsp3) is 0.600. The van der Waals surface area contributed by atoms with Crippen molar-refractivity contribution in [2.45, 2.75) is 26.4 Å². The summed E-state index contributed by atoms with van der Waals surface area (Å²) in [5.74, 6) is 0.0245. The molecule has 5 nitrogen and oxygen atoms in total. The Labute approximate surface area is 89.9 Å². The van der Waals surface area contributed by atoms with Crippen molar-refractivity contribution in [3.05, 3.63) is 18.5 Å². The lowest BCUT2D eigenvalue weighted by molar-refractivity contribution is -0.120. The monoisotopic (exact) mass is 210 g/mol. The maximum Gasteiger partial charge on any atom is 0.234 e. The molecule has 0 aliphatic carbocycles. The van der Waals surface area contributed by atoms with Crippen LogP contribution in [0.3, 0.4) is 0 Å². The fourth-order valence-electron chi connectivity index (χ4n) is 1.30. The van der Waals surface area contributed by atoms with Gasteiger partial charge in [-0.2, -0.15) is 5.10 Å². The second kappa shape index (κ2) is 6.19. The van der Waals surface area contributed by atoms with Crippen molar-refractivity contribution in [1.29, 1.82) is 0 Å². The first kappa shape index (κ1) is 11.7. The van der Waals surface area contributed by atoms with Gasteiger partial charge in [-0.1, -0.05) is 6.92 Å². The first-order valence-electron chi connectivity index (χ1n) is 5.20. The quantitative estimate of drug-likeness (QED) is 0.694. The summed E-state index contributed by atoms with van der Waals surface area (Å²) < 4.78 is 1.80. The van der Waals surface area contributed by atoms with Crippen LogP contribution in [-0.4, -0.2) is 34.8 Å². The van der Waals surface area contributed by atoms with E-state index in [1.54, 1.807) is 10.9 Å². The van der Waals surface area contributed by atoms with E-state index in [2.05, 4.69) is 15.7 Å². The molecular formula is C10H18N4O. The molecule has 1 unspecified atom stereocenters. The van der Waals surface area contributed by atoms with Crippen LogP contribution in [0.1, 0.15) is 13.8 Å². The standard InChI is InChI=1S/C10H18N4O/c1-3-11-7-10(15)13-9(2)8-14-6-4-5-12-14/h4-6,9,11H,3,7-8H2,1-2H3,(H,13,15). The highest BCUT2D eigenvalue weighted by Gasteiger charge is 2.06. The van der Waals surface area contributed by atoms with Gasteiger partial charge in [-0.25, -0.2) is 0 Å². The Hall–Kier alpha value is -1.36. The number of carbonyl (C=O) groups excluding carboxylic acids is 1. The topological polar surface area (TPSA) is 59.0 Å². The lowest BCUT2D eigenvalue weighted by Crippen LogP contribution is -2.40. The van der Waals surface area contributed by atoms with Crippen molar-refractivity contribution in [3.8, 4) is 0 Å². The summed E-state index contributed by atoms with van der Waals surface area (Å²) in [6, 6.07) is 1.96. The van der Waals surface area contributed by atoms with Gasteiger partial charge in [0.2, 0.25) is 5.91 Å². The number of hydrogen-bond acceptors (Lipinski definition) is 3. The zero-order valence-electron chi connectivity index (χ0n) is 9.23. The molecule has 0 saturated heterocycles. The second-order valence-corrected chi connectivity index (χ2v) is 3.48. The molecule has 1 atom stereocenters. The van der Waals surface area contributed by atoms with Crippen LogP contribution in [0.4, 0.5) is 0 Å². The van der Waals surface area contributed by atoms with Crippen molar-refractivity contribution >= 4 is 5.91 Å². The van der Waals surface area contributed by atoms with Gasteiger partial charge in [0.1, 0.15) is 0 Å². The third-order valence-electron chi connectivity index (χ3n) is 1.96. The van der Waals surface area contributed by atoms with Crippen molar-refractivity contribution in [2.24, 2.45) is 0 Å². The zero-order chi connectivity index (χ0) is 11.1. The Balaban J connectivity index is 2.23. The Kier molecular flexibility index (Phi) is 4.83. The summed E-state index contributed by atoms with van der Waals surface area (Å²) in [5, 5.41) is 9.94. The molecule has 84 valence electrons. The number of hydrogen-bond donors (Lipinski definition) is 2. The van der Waals surface area contributed by atoms with Gasteiger partial charge in [0.05, 0.1) is 13.1 Å². The Bertz CT molecular complexity index is 284. The molecule has 0 radical (unpaired) electrons. The summed E-state index contributed by atoms with van der Waals surface area (Å²) in [4.78, 5) is 11.3. The lowest BCUT2D eigenvalue weighted by atomic mass is 10.3. The van der Waals surface area contributed by atoms with E-state index >= 15 is 0 Å². The largest absolute Gasteiger partial charge is 0.351 e. The van der Waals surface area contributed by atoms with Crippen LogP contribution in [-0.2, 0) is 11.3 Å². The van der Waals surface area contributed by atoms with Gasteiger partial charge >= 0.3 is 0 Å². The van der Waals surface area contributed by atoms with Crippen LogP contribution in [0.15, 0.2) is 18.5 Å². The molecule has 2 N–H and O–H groups in total. The number of carbonyl (C=O) groups is 1. The Morgan fingerprint density at radius 2 is 2.40 bits per heavy atom. The summed E-state index contributed by atoms with van der Waals surface area (Å²) in [7, 11) is 0. The molecule has 15 heavy (non-hydrogen) atoms. The maximum atomic E-state index is 11.3. The van der Waals surface area contributed by atoms with E-state index in [-0.39, 0.29) is 11.9 Å². The highest BCUT2D eigenvalue weighted by atomic mass is 16.1. The van der Waals surface area contributed by atoms with Gasteiger partial charge in [-0.3, -0.25) is 9.48 Å². The van der Waals surface area contributed by atoms with Gasteiger partial charge in [0.25, 0.3) is 0 Å². The first-order valence-corrected chi connectivity index (χ1v) is 5.20. The molecule has 1 heterocycles. The van der Waals surface area contributed by atoms with E-state index in [0.29, 0.717) is 13.1 Å². The minimum Gasteiger partial charge on any atom is -0.351 e. The molecule has 0 bridgehead atoms. The number of likely N-dealkylation sites (N-methyl/N-ethyl adjacent to an activating group) is 1. The SMILES string of the molecule is CCNCC(=O)NC(C)Cn1cccn1. The van der Waals surface area contributed by atoms with Gasteiger partial charge in [-0.05, 0) is 19.5 Å². The molecule has 0 aliphatic rings. The molecule has 0 fully saturated rings. The van der Waals surface area contributed by atoms with Crippen LogP contribution in [0.25, 0.3) is 0 Å². The molecule has 0 spiro atoms. The summed E-state index contributed by atoms with van der Waals surface area (Å²) >= 11 is 0. The average molecular weight is 210 g/mol. The maximum absolute atomic E-state index is 11.3. The van der Waals surface area contributed by atoms with E-state index in [4.69, 9.17) is 0 Å². The molecule has 5 heteroatoms. The van der Waals surface area contributed by atoms with Crippen LogP contribution >= 0.6 is 0 Å². The Morgan fingerprint density at radius 1 is 1.60 bits per heavy atom. The lowest BCUT2D eigenvalue weighted by Gasteiger charge is -2.13. The van der Waals surface area contributed by atoms with Gasteiger partial charge < -0.3 is 10.6 Å². The zero-order valence-corrected chi connectivity index (χ0v) is 9.23. The van der Waals surface area contributed by atoms with Crippen molar-refractivity contribution in [3.63, 3.8) is 0 Å². The highest BCUT2D eigenvalue weighted by molar-refractivity contribution is 5.78. The number of nitrogens with one attached hydrogen (secondary N) is 2. The van der Waals surface area contributed by atoms with E-state index in [1.165, 1.54) is 0 Å². The summed E-state index contributed by atoms with van der Waals surface area (Å²) in [6.45, 7) is 5.82.